The molecule has 0 bridgehead atoms. The van der Waals surface area contributed by atoms with Crippen LogP contribution < -0.4 is 0 Å². The lowest BCUT2D eigenvalue weighted by atomic mass is 10.0. The van der Waals surface area contributed by atoms with Gasteiger partial charge in [-0.1, -0.05) is 17.2 Å². The van der Waals surface area contributed by atoms with Crippen molar-refractivity contribution in [2.24, 2.45) is 7.05 Å². The molecule has 0 fully saturated rings. The van der Waals surface area contributed by atoms with E-state index in [1.807, 2.05) is 50.8 Å². The predicted molar refractivity (Wildman–Crippen MR) is 84.4 cm³/mol. The molecule has 0 aliphatic rings. The molecule has 4 nitrogen and oxygen atoms in total. The molecule has 21 heavy (non-hydrogen) atoms. The Balaban J connectivity index is 1.90. The number of ketones is 1. The van der Waals surface area contributed by atoms with Crippen LogP contribution in [0.25, 0.3) is 0 Å². The molecule has 0 radical (unpaired) electrons. The molecule has 0 spiro atoms. The Bertz CT molecular complexity index is 610. The van der Waals surface area contributed by atoms with Crippen molar-refractivity contribution in [3.63, 3.8) is 0 Å². The summed E-state index contributed by atoms with van der Waals surface area (Å²) in [7, 11) is 4.00. The summed E-state index contributed by atoms with van der Waals surface area (Å²) in [5, 5.41) is 0. The van der Waals surface area contributed by atoms with Gasteiger partial charge in [-0.25, -0.2) is 4.98 Å². The predicted octanol–water partition coefficient (Wildman–Crippen LogP) is 2.74. The van der Waals surface area contributed by atoms with E-state index in [0.29, 0.717) is 6.42 Å². The first-order valence-electron chi connectivity index (χ1n) is 7.22. The van der Waals surface area contributed by atoms with E-state index in [0.717, 1.165) is 35.6 Å². The van der Waals surface area contributed by atoms with E-state index in [1.165, 1.54) is 0 Å². The van der Waals surface area contributed by atoms with Crippen molar-refractivity contribution in [2.75, 3.05) is 13.6 Å². The van der Waals surface area contributed by atoms with E-state index in [2.05, 4.69) is 16.0 Å². The maximum absolute atomic E-state index is 12.3. The van der Waals surface area contributed by atoms with Gasteiger partial charge in [0.2, 0.25) is 0 Å². The van der Waals surface area contributed by atoms with Gasteiger partial charge < -0.3 is 4.57 Å². The second-order valence-corrected chi connectivity index (χ2v) is 5.74. The van der Waals surface area contributed by atoms with Gasteiger partial charge in [-0.05, 0) is 33.0 Å². The van der Waals surface area contributed by atoms with Crippen LogP contribution in [-0.4, -0.2) is 33.8 Å². The van der Waals surface area contributed by atoms with Gasteiger partial charge in [0.1, 0.15) is 5.82 Å². The molecule has 0 amide bonds. The zero-order valence-corrected chi connectivity index (χ0v) is 13.3. The average molecular weight is 285 g/mol. The number of carbonyl (C=O) groups is 1. The molecular weight excluding hydrogens is 262 g/mol. The Hall–Kier alpha value is -1.94. The van der Waals surface area contributed by atoms with Crippen LogP contribution in [0.4, 0.5) is 0 Å². The van der Waals surface area contributed by atoms with Gasteiger partial charge in [0, 0.05) is 38.0 Å². The second-order valence-electron chi connectivity index (χ2n) is 5.74. The molecule has 1 heterocycles. The number of aryl methyl sites for hydroxylation is 3. The minimum atomic E-state index is 0.202. The van der Waals surface area contributed by atoms with Crippen molar-refractivity contribution in [1.82, 2.24) is 14.5 Å². The first-order chi connectivity index (χ1) is 9.95. The molecule has 4 heteroatoms. The van der Waals surface area contributed by atoms with E-state index < -0.39 is 0 Å². The summed E-state index contributed by atoms with van der Waals surface area (Å²) in [6.45, 7) is 5.54. The highest BCUT2D eigenvalue weighted by atomic mass is 16.1. The number of hydrogen-bond donors (Lipinski definition) is 0. The van der Waals surface area contributed by atoms with Gasteiger partial charge in [0.05, 0.1) is 6.54 Å². The zero-order chi connectivity index (χ0) is 15.4. The Kier molecular flexibility index (Phi) is 4.91. The lowest BCUT2D eigenvalue weighted by molar-refractivity contribution is 0.0967. The van der Waals surface area contributed by atoms with Crippen LogP contribution in [0.5, 0.6) is 0 Å². The fourth-order valence-electron chi connectivity index (χ4n) is 2.44. The molecule has 2 aromatic rings. The molecule has 0 atom stereocenters. The van der Waals surface area contributed by atoms with Crippen LogP contribution in [0.2, 0.25) is 0 Å². The Morgan fingerprint density at radius 1 is 1.24 bits per heavy atom. The number of hydrogen-bond acceptors (Lipinski definition) is 3. The average Bonchev–Trinajstić information content (AvgIpc) is 2.80. The molecule has 0 aliphatic heterocycles. The number of aromatic nitrogens is 2. The maximum Gasteiger partial charge on any atom is 0.164 e. The molecule has 1 aromatic heterocycles. The molecule has 2 rings (SSSR count). The summed E-state index contributed by atoms with van der Waals surface area (Å²) in [6, 6.07) is 6.02. The lowest BCUT2D eigenvalue weighted by Crippen LogP contribution is -2.23. The zero-order valence-electron chi connectivity index (χ0n) is 13.3. The standard InChI is InChI=1S/C17H23N3O/c1-13-9-14(2)11-15(10-13)16(21)5-7-19(3)12-17-18-6-8-20(17)4/h6,8-11H,5,7,12H2,1-4H3. The maximum atomic E-state index is 12.3. The summed E-state index contributed by atoms with van der Waals surface area (Å²) >= 11 is 0. The fourth-order valence-corrected chi connectivity index (χ4v) is 2.44. The van der Waals surface area contributed by atoms with E-state index in [4.69, 9.17) is 0 Å². The first-order valence-corrected chi connectivity index (χ1v) is 7.22. The van der Waals surface area contributed by atoms with Crippen molar-refractivity contribution in [1.29, 1.82) is 0 Å². The highest BCUT2D eigenvalue weighted by molar-refractivity contribution is 5.96. The van der Waals surface area contributed by atoms with E-state index in [1.54, 1.807) is 6.20 Å². The van der Waals surface area contributed by atoms with E-state index >= 15 is 0 Å². The Labute approximate surface area is 126 Å². The number of nitrogens with zero attached hydrogens (tertiary/aromatic N) is 3. The third-order valence-corrected chi connectivity index (χ3v) is 3.60. The lowest BCUT2D eigenvalue weighted by Gasteiger charge is -2.16. The smallest absolute Gasteiger partial charge is 0.164 e. The number of benzene rings is 1. The van der Waals surface area contributed by atoms with Crippen molar-refractivity contribution >= 4 is 5.78 Å². The van der Waals surface area contributed by atoms with Crippen LogP contribution in [0.1, 0.15) is 33.7 Å². The van der Waals surface area contributed by atoms with Crippen molar-refractivity contribution in [3.05, 3.63) is 53.1 Å². The van der Waals surface area contributed by atoms with E-state index in [9.17, 15) is 4.79 Å². The van der Waals surface area contributed by atoms with Gasteiger partial charge in [-0.3, -0.25) is 9.69 Å². The highest BCUT2D eigenvalue weighted by Crippen LogP contribution is 2.11. The number of imidazole rings is 1. The first kappa shape index (κ1) is 15.4. The van der Waals surface area contributed by atoms with Crippen LogP contribution in [0, 0.1) is 13.8 Å². The fraction of sp³-hybridized carbons (Fsp3) is 0.412. The van der Waals surface area contributed by atoms with Crippen LogP contribution >= 0.6 is 0 Å². The summed E-state index contributed by atoms with van der Waals surface area (Å²) in [5.41, 5.74) is 3.09. The van der Waals surface area contributed by atoms with Crippen LogP contribution in [-0.2, 0) is 13.6 Å². The largest absolute Gasteiger partial charge is 0.337 e. The summed E-state index contributed by atoms with van der Waals surface area (Å²) in [5.74, 6) is 1.21. The van der Waals surface area contributed by atoms with Crippen molar-refractivity contribution < 1.29 is 4.79 Å². The monoisotopic (exact) mass is 285 g/mol. The summed E-state index contributed by atoms with van der Waals surface area (Å²) < 4.78 is 2.00. The number of rotatable bonds is 6. The number of Topliss-reactive ketones (excluding diaryl/α,β-unsaturated/α-hetero) is 1. The molecule has 0 aliphatic carbocycles. The molecule has 0 saturated heterocycles. The normalized spacial score (nSPS) is 11.1. The highest BCUT2D eigenvalue weighted by Gasteiger charge is 2.10. The third-order valence-electron chi connectivity index (χ3n) is 3.60. The summed E-state index contributed by atoms with van der Waals surface area (Å²) in [6.07, 6.45) is 4.26. The van der Waals surface area contributed by atoms with Crippen LogP contribution in [0.15, 0.2) is 30.6 Å². The third kappa shape index (κ3) is 4.26. The minimum absolute atomic E-state index is 0.202. The molecule has 0 saturated carbocycles. The molecular formula is C17H23N3O. The summed E-state index contributed by atoms with van der Waals surface area (Å²) in [4.78, 5) is 18.7. The van der Waals surface area contributed by atoms with E-state index in [-0.39, 0.29) is 5.78 Å². The van der Waals surface area contributed by atoms with Gasteiger partial charge in [0.25, 0.3) is 0 Å². The topological polar surface area (TPSA) is 38.1 Å². The Morgan fingerprint density at radius 3 is 2.48 bits per heavy atom. The Morgan fingerprint density at radius 2 is 1.90 bits per heavy atom. The molecule has 0 unspecified atom stereocenters. The second kappa shape index (κ2) is 6.68. The molecule has 112 valence electrons. The molecule has 0 N–H and O–H groups in total. The van der Waals surface area contributed by atoms with Crippen molar-refractivity contribution in [3.8, 4) is 0 Å². The van der Waals surface area contributed by atoms with Crippen LogP contribution in [0.3, 0.4) is 0 Å². The molecule has 1 aromatic carbocycles. The van der Waals surface area contributed by atoms with Gasteiger partial charge in [-0.15, -0.1) is 0 Å². The van der Waals surface area contributed by atoms with Gasteiger partial charge in [-0.2, -0.15) is 0 Å². The quantitative estimate of drug-likeness (QED) is 0.766. The van der Waals surface area contributed by atoms with Gasteiger partial charge >= 0.3 is 0 Å². The number of carbonyl (C=O) groups excluding carboxylic acids is 1. The minimum Gasteiger partial charge on any atom is -0.337 e. The van der Waals surface area contributed by atoms with Gasteiger partial charge in [0.15, 0.2) is 5.78 Å². The SMILES string of the molecule is Cc1cc(C)cc(C(=O)CCN(C)Cc2nccn2C)c1. The van der Waals surface area contributed by atoms with Crippen molar-refractivity contribution in [2.45, 2.75) is 26.8 Å².